The maximum absolute atomic E-state index is 12.5. The lowest BCUT2D eigenvalue weighted by Gasteiger charge is -2.08. The van der Waals surface area contributed by atoms with E-state index in [0.717, 1.165) is 6.20 Å². The highest BCUT2D eigenvalue weighted by Gasteiger charge is 2.20. The molecule has 0 aromatic carbocycles. The van der Waals surface area contributed by atoms with Gasteiger partial charge in [-0.25, -0.2) is 8.78 Å². The molecule has 0 N–H and O–H groups in total. The average Bonchev–Trinajstić information content (AvgIpc) is 2.30. The average molecular weight is 305 g/mol. The van der Waals surface area contributed by atoms with Gasteiger partial charge in [0.05, 0.1) is 19.1 Å². The van der Waals surface area contributed by atoms with Crippen molar-refractivity contribution < 1.29 is 18.3 Å². The van der Waals surface area contributed by atoms with Crippen molar-refractivity contribution in [2.45, 2.75) is 12.8 Å². The van der Waals surface area contributed by atoms with Gasteiger partial charge in [-0.15, -0.1) is 0 Å². The van der Waals surface area contributed by atoms with Crippen molar-refractivity contribution in [3.05, 3.63) is 27.5 Å². The Morgan fingerprint density at radius 3 is 2.82 bits per heavy atom. The molecular weight excluding hydrogens is 298 g/mol. The topological polar surface area (TPSA) is 63.0 Å². The fourth-order valence-corrected chi connectivity index (χ4v) is 1.70. The predicted octanol–water partition coefficient (Wildman–Crippen LogP) is 2.37. The third kappa shape index (κ3) is 2.97. The second-order valence-corrected chi connectivity index (χ2v) is 3.82. The van der Waals surface area contributed by atoms with Crippen LogP contribution in [0.4, 0.5) is 8.78 Å². The van der Waals surface area contributed by atoms with E-state index in [1.807, 2.05) is 0 Å². The monoisotopic (exact) mass is 304 g/mol. The SMILES string of the molecule is COC(=O)Cc1cnc(C(F)F)c(C#N)c1Br. The van der Waals surface area contributed by atoms with Crippen molar-refractivity contribution >= 4 is 21.9 Å². The summed E-state index contributed by atoms with van der Waals surface area (Å²) in [4.78, 5) is 14.5. The second kappa shape index (κ2) is 5.68. The molecule has 0 saturated carbocycles. The highest BCUT2D eigenvalue weighted by Crippen LogP contribution is 2.29. The molecule has 90 valence electrons. The van der Waals surface area contributed by atoms with Crippen LogP contribution in [0.2, 0.25) is 0 Å². The molecule has 0 radical (unpaired) electrons. The van der Waals surface area contributed by atoms with E-state index in [2.05, 4.69) is 25.7 Å². The van der Waals surface area contributed by atoms with Gasteiger partial charge in [-0.2, -0.15) is 5.26 Å². The molecule has 0 fully saturated rings. The van der Waals surface area contributed by atoms with Crippen molar-refractivity contribution in [1.29, 1.82) is 5.26 Å². The summed E-state index contributed by atoms with van der Waals surface area (Å²) < 4.78 is 29.6. The van der Waals surface area contributed by atoms with E-state index in [0.29, 0.717) is 5.56 Å². The van der Waals surface area contributed by atoms with Gasteiger partial charge in [0, 0.05) is 10.7 Å². The number of aromatic nitrogens is 1. The van der Waals surface area contributed by atoms with E-state index < -0.39 is 18.1 Å². The number of alkyl halides is 2. The first-order chi connectivity index (χ1) is 8.01. The predicted molar refractivity (Wildman–Crippen MR) is 57.3 cm³/mol. The molecule has 4 nitrogen and oxygen atoms in total. The van der Waals surface area contributed by atoms with Gasteiger partial charge >= 0.3 is 5.97 Å². The lowest BCUT2D eigenvalue weighted by molar-refractivity contribution is -0.139. The third-order valence-electron chi connectivity index (χ3n) is 2.00. The fraction of sp³-hybridized carbons (Fsp3) is 0.300. The van der Waals surface area contributed by atoms with Crippen molar-refractivity contribution in [2.75, 3.05) is 7.11 Å². The first-order valence-electron chi connectivity index (χ1n) is 4.43. The number of nitrogens with zero attached hydrogens (tertiary/aromatic N) is 2. The Morgan fingerprint density at radius 2 is 2.35 bits per heavy atom. The Morgan fingerprint density at radius 1 is 1.71 bits per heavy atom. The number of nitriles is 1. The number of rotatable bonds is 3. The first-order valence-corrected chi connectivity index (χ1v) is 5.22. The summed E-state index contributed by atoms with van der Waals surface area (Å²) in [5.41, 5.74) is -0.535. The summed E-state index contributed by atoms with van der Waals surface area (Å²) in [6.07, 6.45) is -1.85. The number of carbonyl (C=O) groups is 1. The number of esters is 1. The van der Waals surface area contributed by atoms with E-state index in [-0.39, 0.29) is 16.5 Å². The third-order valence-corrected chi connectivity index (χ3v) is 2.90. The van der Waals surface area contributed by atoms with Crippen LogP contribution >= 0.6 is 15.9 Å². The van der Waals surface area contributed by atoms with Crippen LogP contribution in [0, 0.1) is 11.3 Å². The number of hydrogen-bond acceptors (Lipinski definition) is 4. The highest BCUT2D eigenvalue weighted by atomic mass is 79.9. The van der Waals surface area contributed by atoms with Crippen LogP contribution < -0.4 is 0 Å². The zero-order valence-corrected chi connectivity index (χ0v) is 10.3. The van der Waals surface area contributed by atoms with Gasteiger partial charge in [-0.1, -0.05) is 0 Å². The normalized spacial score (nSPS) is 10.1. The number of pyridine rings is 1. The number of halogens is 3. The minimum absolute atomic E-state index is 0.137. The first kappa shape index (κ1) is 13.5. The van der Waals surface area contributed by atoms with Crippen LogP contribution in [0.3, 0.4) is 0 Å². The molecule has 7 heteroatoms. The molecule has 1 rings (SSSR count). The van der Waals surface area contributed by atoms with Gasteiger partial charge in [0.2, 0.25) is 0 Å². The summed E-state index contributed by atoms with van der Waals surface area (Å²) in [5.74, 6) is -0.541. The Kier molecular flexibility index (Phi) is 4.52. The standard InChI is InChI=1S/C10H7BrF2N2O2/c1-17-7(16)2-5-4-15-9(10(12)13)6(3-14)8(5)11/h4,10H,2H2,1H3. The van der Waals surface area contributed by atoms with Gasteiger partial charge < -0.3 is 4.74 Å². The van der Waals surface area contributed by atoms with Crippen LogP contribution in [0.15, 0.2) is 10.7 Å². The molecule has 1 aromatic heterocycles. The van der Waals surface area contributed by atoms with Gasteiger partial charge in [-0.05, 0) is 21.5 Å². The molecule has 0 atom stereocenters. The van der Waals surface area contributed by atoms with Crippen LogP contribution in [-0.4, -0.2) is 18.1 Å². The molecule has 0 aliphatic heterocycles. The molecular formula is C10H7BrF2N2O2. The number of carbonyl (C=O) groups excluding carboxylic acids is 1. The minimum Gasteiger partial charge on any atom is -0.469 e. The Labute approximate surface area is 104 Å². The van der Waals surface area contributed by atoms with E-state index in [4.69, 9.17) is 5.26 Å². The summed E-state index contributed by atoms with van der Waals surface area (Å²) in [6, 6.07) is 1.64. The van der Waals surface area contributed by atoms with E-state index in [1.165, 1.54) is 7.11 Å². The number of methoxy groups -OCH3 is 1. The lowest BCUT2D eigenvalue weighted by Crippen LogP contribution is -2.08. The Hall–Kier alpha value is -1.55. The molecule has 0 amide bonds. The zero-order chi connectivity index (χ0) is 13.0. The molecule has 1 heterocycles. The Bertz CT molecular complexity index is 486. The largest absolute Gasteiger partial charge is 0.469 e. The lowest BCUT2D eigenvalue weighted by atomic mass is 10.1. The maximum atomic E-state index is 12.5. The van der Waals surface area contributed by atoms with E-state index >= 15 is 0 Å². The van der Waals surface area contributed by atoms with Crippen LogP contribution in [-0.2, 0) is 16.0 Å². The van der Waals surface area contributed by atoms with Gasteiger partial charge in [-0.3, -0.25) is 9.78 Å². The van der Waals surface area contributed by atoms with Crippen LogP contribution in [0.1, 0.15) is 23.2 Å². The minimum atomic E-state index is -2.84. The molecule has 1 aromatic rings. The molecule has 17 heavy (non-hydrogen) atoms. The van der Waals surface area contributed by atoms with Gasteiger partial charge in [0.25, 0.3) is 6.43 Å². The maximum Gasteiger partial charge on any atom is 0.310 e. The number of ether oxygens (including phenoxy) is 1. The second-order valence-electron chi connectivity index (χ2n) is 3.02. The van der Waals surface area contributed by atoms with Crippen LogP contribution in [0.5, 0.6) is 0 Å². The number of hydrogen-bond donors (Lipinski definition) is 0. The molecule has 0 bridgehead atoms. The molecule has 0 aliphatic carbocycles. The highest BCUT2D eigenvalue weighted by molar-refractivity contribution is 9.10. The van der Waals surface area contributed by atoms with Gasteiger partial charge in [0.15, 0.2) is 0 Å². The summed E-state index contributed by atoms with van der Waals surface area (Å²) in [5, 5.41) is 8.79. The Balaban J connectivity index is 3.21. The summed E-state index contributed by atoms with van der Waals surface area (Å²) >= 11 is 3.01. The van der Waals surface area contributed by atoms with Crippen molar-refractivity contribution in [1.82, 2.24) is 4.98 Å². The summed E-state index contributed by atoms with van der Waals surface area (Å²) in [6.45, 7) is 0. The summed E-state index contributed by atoms with van der Waals surface area (Å²) in [7, 11) is 1.21. The molecule has 0 unspecified atom stereocenters. The van der Waals surface area contributed by atoms with Crippen LogP contribution in [0.25, 0.3) is 0 Å². The molecule has 0 aliphatic rings. The van der Waals surface area contributed by atoms with Crippen molar-refractivity contribution in [3.63, 3.8) is 0 Å². The molecule has 0 saturated heterocycles. The van der Waals surface area contributed by atoms with Gasteiger partial charge in [0.1, 0.15) is 11.8 Å². The quantitative estimate of drug-likeness (QED) is 0.804. The van der Waals surface area contributed by atoms with E-state index in [9.17, 15) is 13.6 Å². The smallest absolute Gasteiger partial charge is 0.310 e. The van der Waals surface area contributed by atoms with Crippen molar-refractivity contribution in [2.24, 2.45) is 0 Å². The van der Waals surface area contributed by atoms with E-state index in [1.54, 1.807) is 6.07 Å². The fourth-order valence-electron chi connectivity index (χ4n) is 1.16. The molecule has 0 spiro atoms. The van der Waals surface area contributed by atoms with Crippen molar-refractivity contribution in [3.8, 4) is 6.07 Å². The zero-order valence-electron chi connectivity index (χ0n) is 8.71.